The van der Waals surface area contributed by atoms with Crippen molar-refractivity contribution in [3.8, 4) is 0 Å². The van der Waals surface area contributed by atoms with Gasteiger partial charge in [-0.3, -0.25) is 4.79 Å². The first-order valence-electron chi connectivity index (χ1n) is 7.40. The van der Waals surface area contributed by atoms with Crippen LogP contribution in [0.3, 0.4) is 0 Å². The zero-order valence-corrected chi connectivity index (χ0v) is 13.7. The molecule has 0 spiro atoms. The highest BCUT2D eigenvalue weighted by Gasteiger charge is 2.27. The molecule has 126 valence electrons. The van der Waals surface area contributed by atoms with Crippen LogP contribution in [0.5, 0.6) is 0 Å². The van der Waals surface area contributed by atoms with E-state index in [0.717, 1.165) is 24.2 Å². The third kappa shape index (κ3) is 4.41. The van der Waals surface area contributed by atoms with Crippen LogP contribution in [-0.2, 0) is 11.2 Å². The van der Waals surface area contributed by atoms with E-state index in [4.69, 9.17) is 10.8 Å². The Morgan fingerprint density at radius 1 is 1.48 bits per heavy atom. The van der Waals surface area contributed by atoms with Gasteiger partial charge in [-0.15, -0.1) is 11.3 Å². The Bertz CT molecular complexity index is 616. The lowest BCUT2D eigenvalue weighted by atomic mass is 9.97. The lowest BCUT2D eigenvalue weighted by Crippen LogP contribution is -2.47. The Labute approximate surface area is 137 Å². The standard InChI is InChI=1S/C14H20N4O4S/c1-8-11(13(20)21)23-10(17-8)4-5-16-12(19)9-3-2-6-18(7-9)14(15)22/h9H,2-7H2,1H3,(H2,15,22)(H,16,19)(H,20,21). The predicted octanol–water partition coefficient (Wildman–Crippen LogP) is 0.599. The quantitative estimate of drug-likeness (QED) is 0.723. The molecule has 9 heteroatoms. The van der Waals surface area contributed by atoms with Crippen molar-refractivity contribution in [1.82, 2.24) is 15.2 Å². The number of primary amides is 1. The number of carbonyl (C=O) groups excluding carboxylic acids is 2. The molecule has 23 heavy (non-hydrogen) atoms. The first-order valence-corrected chi connectivity index (χ1v) is 8.21. The van der Waals surface area contributed by atoms with Crippen molar-refractivity contribution in [3.05, 3.63) is 15.6 Å². The number of likely N-dealkylation sites (tertiary alicyclic amines) is 1. The molecule has 1 aromatic rings. The molecule has 1 unspecified atom stereocenters. The Balaban J connectivity index is 1.81. The first-order chi connectivity index (χ1) is 10.9. The van der Waals surface area contributed by atoms with Crippen LogP contribution in [0.15, 0.2) is 0 Å². The molecule has 3 amide bonds. The molecule has 0 aliphatic carbocycles. The number of rotatable bonds is 5. The molecular formula is C14H20N4O4S. The van der Waals surface area contributed by atoms with Gasteiger partial charge in [-0.05, 0) is 19.8 Å². The Morgan fingerprint density at radius 2 is 2.22 bits per heavy atom. The van der Waals surface area contributed by atoms with Crippen LogP contribution >= 0.6 is 11.3 Å². The topological polar surface area (TPSA) is 126 Å². The minimum absolute atomic E-state index is 0.109. The molecule has 0 radical (unpaired) electrons. The van der Waals surface area contributed by atoms with Gasteiger partial charge in [0.25, 0.3) is 0 Å². The molecule has 2 rings (SSSR count). The summed E-state index contributed by atoms with van der Waals surface area (Å²) in [5.74, 6) is -1.34. The SMILES string of the molecule is Cc1nc(CCNC(=O)C2CCCN(C(N)=O)C2)sc1C(=O)O. The minimum atomic E-state index is -0.982. The van der Waals surface area contributed by atoms with Gasteiger partial charge in [-0.1, -0.05) is 0 Å². The van der Waals surface area contributed by atoms with Crippen molar-refractivity contribution in [3.63, 3.8) is 0 Å². The fourth-order valence-corrected chi connectivity index (χ4v) is 3.49. The Morgan fingerprint density at radius 3 is 2.83 bits per heavy atom. The summed E-state index contributed by atoms with van der Waals surface area (Å²) >= 11 is 1.13. The highest BCUT2D eigenvalue weighted by molar-refractivity contribution is 7.13. The number of carbonyl (C=O) groups is 3. The van der Waals surface area contributed by atoms with Gasteiger partial charge in [0.05, 0.1) is 16.6 Å². The monoisotopic (exact) mass is 340 g/mol. The molecule has 1 aromatic heterocycles. The summed E-state index contributed by atoms with van der Waals surface area (Å²) in [4.78, 5) is 40.2. The number of carboxylic acids is 1. The van der Waals surface area contributed by atoms with Gasteiger partial charge in [0.2, 0.25) is 5.91 Å². The minimum Gasteiger partial charge on any atom is -0.477 e. The van der Waals surface area contributed by atoms with Gasteiger partial charge in [0.15, 0.2) is 0 Å². The number of amides is 3. The zero-order valence-electron chi connectivity index (χ0n) is 12.9. The molecule has 0 aromatic carbocycles. The lowest BCUT2D eigenvalue weighted by Gasteiger charge is -2.30. The van der Waals surface area contributed by atoms with Crippen LogP contribution in [0.4, 0.5) is 4.79 Å². The average molecular weight is 340 g/mol. The summed E-state index contributed by atoms with van der Waals surface area (Å²) in [6.07, 6.45) is 1.97. The largest absolute Gasteiger partial charge is 0.477 e. The third-order valence-corrected chi connectivity index (χ3v) is 4.98. The van der Waals surface area contributed by atoms with Crippen LogP contribution < -0.4 is 11.1 Å². The number of aromatic nitrogens is 1. The van der Waals surface area contributed by atoms with Gasteiger partial charge in [-0.2, -0.15) is 0 Å². The third-order valence-electron chi connectivity index (χ3n) is 3.78. The van der Waals surface area contributed by atoms with Gasteiger partial charge < -0.3 is 21.1 Å². The summed E-state index contributed by atoms with van der Waals surface area (Å²) < 4.78 is 0. The summed E-state index contributed by atoms with van der Waals surface area (Å²) in [7, 11) is 0. The second-order valence-corrected chi connectivity index (χ2v) is 6.58. The van der Waals surface area contributed by atoms with E-state index in [0.29, 0.717) is 36.8 Å². The molecule has 2 heterocycles. The fourth-order valence-electron chi connectivity index (χ4n) is 2.59. The molecule has 0 saturated carbocycles. The second-order valence-electron chi connectivity index (χ2n) is 5.49. The highest BCUT2D eigenvalue weighted by atomic mass is 32.1. The maximum Gasteiger partial charge on any atom is 0.347 e. The number of carboxylic acid groups (broad SMARTS) is 1. The number of nitrogens with zero attached hydrogens (tertiary/aromatic N) is 2. The Hall–Kier alpha value is -2.16. The predicted molar refractivity (Wildman–Crippen MR) is 84.4 cm³/mol. The van der Waals surface area contributed by atoms with Gasteiger partial charge in [0, 0.05) is 26.1 Å². The van der Waals surface area contributed by atoms with Crippen molar-refractivity contribution in [2.45, 2.75) is 26.2 Å². The number of aromatic carboxylic acids is 1. The van der Waals surface area contributed by atoms with Crippen molar-refractivity contribution < 1.29 is 19.5 Å². The van der Waals surface area contributed by atoms with Gasteiger partial charge in [-0.25, -0.2) is 14.6 Å². The number of nitrogens with two attached hydrogens (primary N) is 1. The fraction of sp³-hybridized carbons (Fsp3) is 0.571. The molecule has 1 saturated heterocycles. The molecule has 1 atom stereocenters. The molecular weight excluding hydrogens is 320 g/mol. The number of urea groups is 1. The summed E-state index contributed by atoms with van der Waals surface area (Å²) in [5.41, 5.74) is 5.74. The van der Waals surface area contributed by atoms with Crippen LogP contribution in [0.1, 0.15) is 33.2 Å². The number of thiazole rings is 1. The zero-order chi connectivity index (χ0) is 17.0. The number of hydrogen-bond acceptors (Lipinski definition) is 5. The van der Waals surface area contributed by atoms with Crippen LogP contribution in [0.2, 0.25) is 0 Å². The number of aryl methyl sites for hydroxylation is 1. The van der Waals surface area contributed by atoms with Crippen molar-refractivity contribution in [2.24, 2.45) is 11.7 Å². The summed E-state index contributed by atoms with van der Waals surface area (Å²) in [6.45, 7) is 2.98. The van der Waals surface area contributed by atoms with Crippen molar-refractivity contribution in [2.75, 3.05) is 19.6 Å². The van der Waals surface area contributed by atoms with E-state index >= 15 is 0 Å². The smallest absolute Gasteiger partial charge is 0.347 e. The number of hydrogen-bond donors (Lipinski definition) is 3. The van der Waals surface area contributed by atoms with E-state index < -0.39 is 12.0 Å². The normalized spacial score (nSPS) is 17.8. The summed E-state index contributed by atoms with van der Waals surface area (Å²) in [5, 5.41) is 12.5. The van der Waals surface area contributed by atoms with Crippen molar-refractivity contribution >= 4 is 29.2 Å². The van der Waals surface area contributed by atoms with Crippen LogP contribution in [0.25, 0.3) is 0 Å². The van der Waals surface area contributed by atoms with E-state index in [9.17, 15) is 14.4 Å². The highest BCUT2D eigenvalue weighted by Crippen LogP contribution is 2.19. The van der Waals surface area contributed by atoms with Gasteiger partial charge in [0.1, 0.15) is 4.88 Å². The average Bonchev–Trinajstić information content (AvgIpc) is 2.88. The maximum atomic E-state index is 12.1. The second kappa shape index (κ2) is 7.40. The lowest BCUT2D eigenvalue weighted by molar-refractivity contribution is -0.126. The van der Waals surface area contributed by atoms with Gasteiger partial charge >= 0.3 is 12.0 Å². The molecule has 1 fully saturated rings. The molecule has 1 aliphatic rings. The summed E-state index contributed by atoms with van der Waals surface area (Å²) in [6, 6.07) is -0.498. The molecule has 0 bridgehead atoms. The van der Waals surface area contributed by atoms with E-state index in [2.05, 4.69) is 10.3 Å². The maximum absolute atomic E-state index is 12.1. The first kappa shape index (κ1) is 17.2. The van der Waals surface area contributed by atoms with E-state index in [1.165, 1.54) is 4.90 Å². The number of piperidine rings is 1. The Kier molecular flexibility index (Phi) is 5.54. The number of nitrogens with one attached hydrogen (secondary N) is 1. The van der Waals surface area contributed by atoms with Crippen molar-refractivity contribution in [1.29, 1.82) is 0 Å². The van der Waals surface area contributed by atoms with Crippen LogP contribution in [-0.4, -0.2) is 52.5 Å². The van der Waals surface area contributed by atoms with E-state index in [1.54, 1.807) is 6.92 Å². The van der Waals surface area contributed by atoms with E-state index in [1.807, 2.05) is 0 Å². The molecule has 4 N–H and O–H groups in total. The van der Waals surface area contributed by atoms with Crippen LogP contribution in [0, 0.1) is 12.8 Å². The van der Waals surface area contributed by atoms with E-state index in [-0.39, 0.29) is 16.7 Å². The molecule has 8 nitrogen and oxygen atoms in total. The molecule has 1 aliphatic heterocycles.